The van der Waals surface area contributed by atoms with Gasteiger partial charge in [0.2, 0.25) is 0 Å². The van der Waals surface area contributed by atoms with E-state index in [9.17, 15) is 13.4 Å². The first-order chi connectivity index (χ1) is 14.2. The Bertz CT molecular complexity index is 1380. The van der Waals surface area contributed by atoms with Gasteiger partial charge in [-0.05, 0) is 47.5 Å². The summed E-state index contributed by atoms with van der Waals surface area (Å²) in [5, 5.41) is 3.46. The Morgan fingerprint density at radius 1 is 1.13 bits per heavy atom. The normalized spacial score (nSPS) is 13.1. The van der Waals surface area contributed by atoms with E-state index in [-0.39, 0.29) is 11.7 Å². The van der Waals surface area contributed by atoms with Gasteiger partial charge >= 0.3 is 0 Å². The molecule has 6 nitrogen and oxygen atoms in total. The van der Waals surface area contributed by atoms with E-state index in [1.165, 1.54) is 35.9 Å². The van der Waals surface area contributed by atoms with Crippen LogP contribution in [0.1, 0.15) is 9.67 Å². The number of thiophene rings is 1. The minimum Gasteiger partial charge on any atom is -0.397 e. The quantitative estimate of drug-likeness (QED) is 0.389. The fourth-order valence-electron chi connectivity index (χ4n) is 2.91. The van der Waals surface area contributed by atoms with Crippen LogP contribution in [-0.2, 0) is 9.73 Å². The molecule has 0 aliphatic carbocycles. The van der Waals surface area contributed by atoms with Crippen LogP contribution in [0.4, 0.5) is 15.8 Å². The third-order valence-corrected chi connectivity index (χ3v) is 6.68. The highest BCUT2D eigenvalue weighted by atomic mass is 32.2. The SMILES string of the molecule is CS(=N)(=O)c1cnc2sc(C(=O)Nc3cc(-c4ccc(F)cc4)ccc3N)cc2c1. The summed E-state index contributed by atoms with van der Waals surface area (Å²) in [5.41, 5.74) is 8.45. The second-order valence-corrected chi connectivity index (χ2v) is 9.97. The number of aromatic nitrogens is 1. The molecule has 0 bridgehead atoms. The highest BCUT2D eigenvalue weighted by Gasteiger charge is 2.15. The van der Waals surface area contributed by atoms with Crippen LogP contribution in [0.2, 0.25) is 0 Å². The van der Waals surface area contributed by atoms with Crippen LogP contribution in [0.5, 0.6) is 0 Å². The molecule has 152 valence electrons. The third-order valence-electron chi connectivity index (χ3n) is 4.50. The maximum absolute atomic E-state index is 13.2. The van der Waals surface area contributed by atoms with E-state index in [2.05, 4.69) is 10.3 Å². The Balaban J connectivity index is 1.63. The van der Waals surface area contributed by atoms with Gasteiger partial charge in [-0.15, -0.1) is 11.3 Å². The summed E-state index contributed by atoms with van der Waals surface area (Å²) in [6, 6.07) is 14.5. The summed E-state index contributed by atoms with van der Waals surface area (Å²) in [6.07, 6.45) is 2.73. The van der Waals surface area contributed by atoms with E-state index in [4.69, 9.17) is 10.5 Å². The number of carbonyl (C=O) groups is 1. The number of halogens is 1. The van der Waals surface area contributed by atoms with Gasteiger partial charge in [-0.1, -0.05) is 18.2 Å². The molecule has 0 saturated heterocycles. The Hall–Kier alpha value is -3.30. The number of nitrogen functional groups attached to an aromatic ring is 1. The predicted octanol–water partition coefficient (Wildman–Crippen LogP) is 4.97. The summed E-state index contributed by atoms with van der Waals surface area (Å²) in [6.45, 7) is 0. The maximum Gasteiger partial charge on any atom is 0.265 e. The number of benzene rings is 2. The molecule has 1 amide bonds. The molecule has 4 N–H and O–H groups in total. The van der Waals surface area contributed by atoms with E-state index in [0.29, 0.717) is 31.4 Å². The standard InChI is InChI=1S/C21H17FN4O2S2/c1-30(24,28)16-8-14-10-19(29-21(14)25-11-16)20(27)26-18-9-13(4-7-17(18)23)12-2-5-15(22)6-3-12/h2-11,24H,23H2,1H3,(H,26,27). The number of nitrogens with two attached hydrogens (primary N) is 1. The first-order valence-corrected chi connectivity index (χ1v) is 11.6. The Morgan fingerprint density at radius 2 is 1.83 bits per heavy atom. The van der Waals surface area contributed by atoms with Gasteiger partial charge in [0.1, 0.15) is 10.6 Å². The van der Waals surface area contributed by atoms with Crippen LogP contribution < -0.4 is 11.1 Å². The Labute approximate surface area is 176 Å². The molecule has 4 aromatic rings. The van der Waals surface area contributed by atoms with E-state index in [1.807, 2.05) is 0 Å². The fourth-order valence-corrected chi connectivity index (χ4v) is 4.39. The molecule has 30 heavy (non-hydrogen) atoms. The van der Waals surface area contributed by atoms with Gasteiger partial charge in [0.15, 0.2) is 0 Å². The smallest absolute Gasteiger partial charge is 0.265 e. The minimum absolute atomic E-state index is 0.316. The van der Waals surface area contributed by atoms with Crippen molar-refractivity contribution in [1.29, 1.82) is 4.78 Å². The van der Waals surface area contributed by atoms with Gasteiger partial charge in [-0.25, -0.2) is 18.4 Å². The zero-order valence-corrected chi connectivity index (χ0v) is 17.4. The van der Waals surface area contributed by atoms with Crippen molar-refractivity contribution in [1.82, 2.24) is 4.98 Å². The molecule has 0 aliphatic rings. The molecular formula is C21H17FN4O2S2. The highest BCUT2D eigenvalue weighted by Crippen LogP contribution is 2.30. The van der Waals surface area contributed by atoms with Crippen molar-refractivity contribution in [3.63, 3.8) is 0 Å². The number of rotatable bonds is 4. The largest absolute Gasteiger partial charge is 0.397 e. The summed E-state index contributed by atoms with van der Waals surface area (Å²) >= 11 is 1.19. The lowest BCUT2D eigenvalue weighted by Crippen LogP contribution is -2.11. The number of pyridine rings is 1. The van der Waals surface area contributed by atoms with Gasteiger partial charge in [0.25, 0.3) is 5.91 Å². The van der Waals surface area contributed by atoms with Crippen LogP contribution in [0, 0.1) is 10.6 Å². The molecule has 1 atom stereocenters. The first kappa shape index (κ1) is 20.0. The van der Waals surface area contributed by atoms with Crippen LogP contribution >= 0.6 is 11.3 Å². The molecule has 2 aromatic carbocycles. The molecule has 0 saturated carbocycles. The lowest BCUT2D eigenvalue weighted by Gasteiger charge is -2.10. The molecule has 9 heteroatoms. The third kappa shape index (κ3) is 4.03. The predicted molar refractivity (Wildman–Crippen MR) is 119 cm³/mol. The maximum atomic E-state index is 13.2. The summed E-state index contributed by atoms with van der Waals surface area (Å²) in [7, 11) is -2.89. The average molecular weight is 441 g/mol. The van der Waals surface area contributed by atoms with Crippen LogP contribution in [0.3, 0.4) is 0 Å². The molecular weight excluding hydrogens is 423 g/mol. The number of nitrogens with zero attached hydrogens (tertiary/aromatic N) is 1. The van der Waals surface area contributed by atoms with E-state index >= 15 is 0 Å². The highest BCUT2D eigenvalue weighted by molar-refractivity contribution is 7.91. The molecule has 2 heterocycles. The van der Waals surface area contributed by atoms with E-state index in [0.717, 1.165) is 11.1 Å². The number of anilines is 2. The van der Waals surface area contributed by atoms with Gasteiger partial charge < -0.3 is 11.1 Å². The van der Waals surface area contributed by atoms with Gasteiger partial charge in [-0.2, -0.15) is 0 Å². The van der Waals surface area contributed by atoms with Gasteiger partial charge in [-0.3, -0.25) is 4.79 Å². The second-order valence-electron chi connectivity index (χ2n) is 6.78. The number of hydrogen-bond acceptors (Lipinski definition) is 6. The first-order valence-electron chi connectivity index (χ1n) is 8.81. The second kappa shape index (κ2) is 7.51. The number of hydrogen-bond donors (Lipinski definition) is 3. The van der Waals surface area contributed by atoms with E-state index in [1.54, 1.807) is 42.5 Å². The topological polar surface area (TPSA) is 109 Å². The van der Waals surface area contributed by atoms with Crippen molar-refractivity contribution < 1.29 is 13.4 Å². The fraction of sp³-hybridized carbons (Fsp3) is 0.0476. The molecule has 0 fully saturated rings. The Morgan fingerprint density at radius 3 is 2.53 bits per heavy atom. The van der Waals surface area contributed by atoms with Crippen LogP contribution in [0.15, 0.2) is 65.7 Å². The molecule has 2 aromatic heterocycles. The summed E-state index contributed by atoms with van der Waals surface area (Å²) < 4.78 is 32.8. The Kier molecular flexibility index (Phi) is 5.00. The summed E-state index contributed by atoms with van der Waals surface area (Å²) in [5.74, 6) is -0.681. The molecule has 0 radical (unpaired) electrons. The zero-order chi connectivity index (χ0) is 21.5. The number of fused-ring (bicyclic) bond motifs is 1. The van der Waals surface area contributed by atoms with E-state index < -0.39 is 9.73 Å². The van der Waals surface area contributed by atoms with Crippen molar-refractivity contribution in [3.8, 4) is 11.1 Å². The molecule has 0 spiro atoms. The van der Waals surface area contributed by atoms with Crippen LogP contribution in [0.25, 0.3) is 21.3 Å². The van der Waals surface area contributed by atoms with Crippen molar-refractivity contribution >= 4 is 48.6 Å². The lowest BCUT2D eigenvalue weighted by atomic mass is 10.0. The van der Waals surface area contributed by atoms with Crippen LogP contribution in [-0.4, -0.2) is 21.4 Å². The lowest BCUT2D eigenvalue weighted by molar-refractivity contribution is 0.103. The van der Waals surface area contributed by atoms with Crippen molar-refractivity contribution in [2.75, 3.05) is 17.3 Å². The number of amides is 1. The van der Waals surface area contributed by atoms with Crippen molar-refractivity contribution in [2.24, 2.45) is 0 Å². The minimum atomic E-state index is -2.89. The van der Waals surface area contributed by atoms with Gasteiger partial charge in [0, 0.05) is 17.8 Å². The average Bonchev–Trinajstić information content (AvgIpc) is 3.13. The zero-order valence-electron chi connectivity index (χ0n) is 15.8. The van der Waals surface area contributed by atoms with Gasteiger partial charge in [0.05, 0.1) is 30.9 Å². The monoisotopic (exact) mass is 440 g/mol. The van der Waals surface area contributed by atoms with Crippen molar-refractivity contribution in [3.05, 3.63) is 71.5 Å². The number of carbonyl (C=O) groups excluding carboxylic acids is 1. The molecule has 1 unspecified atom stereocenters. The molecule has 0 aliphatic heterocycles. The summed E-state index contributed by atoms with van der Waals surface area (Å²) in [4.78, 5) is 18.3. The molecule has 4 rings (SSSR count). The number of nitrogens with one attached hydrogen (secondary N) is 2. The van der Waals surface area contributed by atoms with Crippen molar-refractivity contribution in [2.45, 2.75) is 4.90 Å².